The maximum atomic E-state index is 9.88. The molecule has 0 fully saturated rings. The van der Waals surface area contributed by atoms with Crippen LogP contribution in [0.1, 0.15) is 25.7 Å². The molecule has 2 atom stereocenters. The zero-order valence-electron chi connectivity index (χ0n) is 12.1. The Kier molecular flexibility index (Phi) is 25.1. The van der Waals surface area contributed by atoms with Crippen molar-refractivity contribution in [3.05, 3.63) is 0 Å². The number of nitrogens with two attached hydrogens (primary N) is 2. The molecule has 0 aliphatic heterocycles. The second-order valence-electron chi connectivity index (χ2n) is 3.69. The number of carboxylic acids is 4. The molecular formula is C10H15CaKN2O8. The third-order valence-corrected chi connectivity index (χ3v) is 1.93. The molecule has 0 spiro atoms. The minimum Gasteiger partial charge on any atom is -0.550 e. The Labute approximate surface area is 199 Å². The van der Waals surface area contributed by atoms with Gasteiger partial charge in [-0.25, -0.2) is 0 Å². The Balaban J connectivity index is -0.000000135. The molecule has 0 rings (SSSR count). The standard InChI is InChI=1S/2C5H9NO4.Ca.K/c2*6-3(5(9)10)1-2-4(7)8;;/h2*3H,1-2,6H2,(H,7,8)(H,9,10);;/q;;+2;+1/p-3/t2*3-;;/m00../s1. The molecule has 0 aromatic rings. The van der Waals surface area contributed by atoms with Crippen molar-refractivity contribution >= 4 is 61.6 Å². The monoisotopic (exact) mass is 370 g/mol. The van der Waals surface area contributed by atoms with Crippen LogP contribution in [0.5, 0.6) is 0 Å². The first-order valence-electron chi connectivity index (χ1n) is 5.42. The van der Waals surface area contributed by atoms with Crippen molar-refractivity contribution in [1.82, 2.24) is 0 Å². The first-order chi connectivity index (χ1) is 9.07. The number of hydrogen-bond donors (Lipinski definition) is 3. The second-order valence-corrected chi connectivity index (χ2v) is 3.69. The van der Waals surface area contributed by atoms with E-state index in [9.17, 15) is 34.5 Å². The second kappa shape index (κ2) is 18.0. The van der Waals surface area contributed by atoms with Crippen LogP contribution in [0, 0.1) is 0 Å². The quantitative estimate of drug-likeness (QED) is 0.343. The summed E-state index contributed by atoms with van der Waals surface area (Å²) in [5, 5.41) is 37.6. The first kappa shape index (κ1) is 30.6. The van der Waals surface area contributed by atoms with Gasteiger partial charge >= 0.3 is 95.1 Å². The maximum absolute atomic E-state index is 9.88. The summed E-state index contributed by atoms with van der Waals surface area (Å²) in [5.74, 6) is -5.23. The smallest absolute Gasteiger partial charge is 0.550 e. The van der Waals surface area contributed by atoms with Crippen LogP contribution in [0.4, 0.5) is 0 Å². The van der Waals surface area contributed by atoms with Gasteiger partial charge in [0.15, 0.2) is 0 Å². The van der Waals surface area contributed by atoms with E-state index in [2.05, 4.69) is 0 Å². The van der Waals surface area contributed by atoms with Gasteiger partial charge in [-0.15, -0.1) is 0 Å². The van der Waals surface area contributed by atoms with Crippen LogP contribution in [0.15, 0.2) is 0 Å². The molecule has 0 heterocycles. The van der Waals surface area contributed by atoms with Crippen molar-refractivity contribution in [1.29, 1.82) is 0 Å². The Morgan fingerprint density at radius 3 is 1.41 bits per heavy atom. The maximum Gasteiger partial charge on any atom is 2.00 e. The average Bonchev–Trinajstić information content (AvgIpc) is 2.33. The van der Waals surface area contributed by atoms with E-state index in [1.165, 1.54) is 0 Å². The predicted octanol–water partition coefficient (Wildman–Crippen LogP) is -8.85. The summed E-state index contributed by atoms with van der Waals surface area (Å²) in [5.41, 5.74) is 9.85. The van der Waals surface area contributed by atoms with E-state index in [0.717, 1.165) is 0 Å². The Hall–Kier alpha value is 0.696. The molecule has 0 aromatic carbocycles. The number of carboxylic acid groups (broad SMARTS) is 4. The minimum absolute atomic E-state index is 0. The normalized spacial score (nSPS) is 11.4. The summed E-state index contributed by atoms with van der Waals surface area (Å²) in [6.45, 7) is 0. The fourth-order valence-corrected chi connectivity index (χ4v) is 0.788. The number of hydrogen-bond acceptors (Lipinski definition) is 9. The molecule has 0 aromatic heterocycles. The predicted molar refractivity (Wildman–Crippen MR) is 62.8 cm³/mol. The van der Waals surface area contributed by atoms with Crippen molar-refractivity contribution in [3.8, 4) is 0 Å². The van der Waals surface area contributed by atoms with Crippen LogP contribution in [0.3, 0.4) is 0 Å². The topological polar surface area (TPSA) is 210 Å². The van der Waals surface area contributed by atoms with Gasteiger partial charge in [-0.3, -0.25) is 4.79 Å². The van der Waals surface area contributed by atoms with Gasteiger partial charge in [0.2, 0.25) is 0 Å². The molecule has 0 saturated heterocycles. The van der Waals surface area contributed by atoms with Crippen LogP contribution in [-0.4, -0.2) is 78.8 Å². The Morgan fingerprint density at radius 1 is 0.864 bits per heavy atom. The van der Waals surface area contributed by atoms with Crippen molar-refractivity contribution in [3.63, 3.8) is 0 Å². The zero-order valence-corrected chi connectivity index (χ0v) is 17.5. The summed E-state index contributed by atoms with van der Waals surface area (Å²) < 4.78 is 0. The fraction of sp³-hybridized carbons (Fsp3) is 0.600. The molecule has 0 unspecified atom stereocenters. The minimum atomic E-state index is -1.44. The molecule has 10 nitrogen and oxygen atoms in total. The molecule has 0 aliphatic rings. The molecule has 0 saturated carbocycles. The summed E-state index contributed by atoms with van der Waals surface area (Å²) in [6.07, 6.45) is -0.827. The molecule has 22 heavy (non-hydrogen) atoms. The SMILES string of the molecule is N[C@@H](CCC(=O)O)C(=O)[O-].N[C@@H](CCC(=O)[O-])C(=O)[O-].[Ca+2].[K+]. The van der Waals surface area contributed by atoms with Gasteiger partial charge < -0.3 is 46.3 Å². The number of rotatable bonds is 8. The third kappa shape index (κ3) is 23.0. The van der Waals surface area contributed by atoms with Gasteiger partial charge in [-0.1, -0.05) is 0 Å². The summed E-state index contributed by atoms with van der Waals surface area (Å²) in [7, 11) is 0. The van der Waals surface area contributed by atoms with Crippen LogP contribution < -0.4 is 78.2 Å². The largest absolute Gasteiger partial charge is 2.00 e. The van der Waals surface area contributed by atoms with Gasteiger partial charge in [-0.2, -0.15) is 0 Å². The summed E-state index contributed by atoms with van der Waals surface area (Å²) in [4.78, 5) is 39.3. The van der Waals surface area contributed by atoms with Crippen molar-refractivity contribution in [2.45, 2.75) is 37.8 Å². The average molecular weight is 370 g/mol. The van der Waals surface area contributed by atoms with Crippen molar-refractivity contribution in [2.24, 2.45) is 11.5 Å². The third-order valence-electron chi connectivity index (χ3n) is 1.93. The van der Waals surface area contributed by atoms with Gasteiger partial charge in [0, 0.05) is 24.5 Å². The van der Waals surface area contributed by atoms with E-state index < -0.39 is 36.0 Å². The van der Waals surface area contributed by atoms with Gasteiger partial charge in [0.05, 0.1) is 11.9 Å². The number of carbonyl (C=O) groups excluding carboxylic acids is 3. The van der Waals surface area contributed by atoms with Crippen LogP contribution in [0.2, 0.25) is 0 Å². The summed E-state index contributed by atoms with van der Waals surface area (Å²) in [6, 6.07) is -2.38. The first-order valence-corrected chi connectivity index (χ1v) is 5.42. The molecule has 5 N–H and O–H groups in total. The molecule has 0 amide bonds. The molecular weight excluding hydrogens is 355 g/mol. The number of carbonyl (C=O) groups is 4. The molecule has 116 valence electrons. The Morgan fingerprint density at radius 2 is 1.18 bits per heavy atom. The van der Waals surface area contributed by atoms with Gasteiger partial charge in [0.1, 0.15) is 0 Å². The van der Waals surface area contributed by atoms with Gasteiger partial charge in [0.25, 0.3) is 0 Å². The number of aliphatic carboxylic acids is 4. The van der Waals surface area contributed by atoms with E-state index in [4.69, 9.17) is 16.6 Å². The van der Waals surface area contributed by atoms with E-state index in [-0.39, 0.29) is 115 Å². The molecule has 0 bridgehead atoms. The van der Waals surface area contributed by atoms with E-state index in [1.54, 1.807) is 0 Å². The Bertz CT molecular complexity index is 335. The van der Waals surface area contributed by atoms with E-state index in [1.807, 2.05) is 0 Å². The van der Waals surface area contributed by atoms with Crippen molar-refractivity contribution < 1.29 is 91.0 Å². The van der Waals surface area contributed by atoms with E-state index >= 15 is 0 Å². The van der Waals surface area contributed by atoms with Crippen molar-refractivity contribution in [2.75, 3.05) is 0 Å². The molecule has 0 radical (unpaired) electrons. The zero-order chi connectivity index (χ0) is 16.3. The fourth-order valence-electron chi connectivity index (χ4n) is 0.788. The molecule has 0 aliphatic carbocycles. The van der Waals surface area contributed by atoms with Crippen LogP contribution in [0.25, 0.3) is 0 Å². The van der Waals surface area contributed by atoms with Gasteiger partial charge in [-0.05, 0) is 19.3 Å². The summed E-state index contributed by atoms with van der Waals surface area (Å²) >= 11 is 0. The van der Waals surface area contributed by atoms with Crippen LogP contribution >= 0.6 is 0 Å². The van der Waals surface area contributed by atoms with Crippen LogP contribution in [-0.2, 0) is 19.2 Å². The van der Waals surface area contributed by atoms with E-state index in [0.29, 0.717) is 0 Å². The molecule has 12 heteroatoms.